The smallest absolute Gasteiger partial charge is 0.161 e. The van der Waals surface area contributed by atoms with Crippen LogP contribution in [0.3, 0.4) is 0 Å². The van der Waals surface area contributed by atoms with Gasteiger partial charge in [0.05, 0.1) is 13.2 Å². The van der Waals surface area contributed by atoms with Gasteiger partial charge in [0, 0.05) is 32.7 Å². The number of benzene rings is 1. The summed E-state index contributed by atoms with van der Waals surface area (Å²) < 4.78 is 16.5. The zero-order valence-electron chi connectivity index (χ0n) is 12.5. The number of fused-ring (bicyclic) bond motifs is 1. The van der Waals surface area contributed by atoms with Crippen LogP contribution in [0.1, 0.15) is 5.56 Å². The zero-order valence-corrected chi connectivity index (χ0v) is 14.0. The van der Waals surface area contributed by atoms with Gasteiger partial charge in [0.25, 0.3) is 0 Å². The Morgan fingerprint density at radius 3 is 2.45 bits per heavy atom. The molecule has 0 unspecified atom stereocenters. The molecule has 126 valence electrons. The number of rotatable bonds is 5. The van der Waals surface area contributed by atoms with E-state index in [0.29, 0.717) is 13.2 Å². The van der Waals surface area contributed by atoms with Crippen molar-refractivity contribution in [3.05, 3.63) is 23.8 Å². The predicted molar refractivity (Wildman–Crippen MR) is 76.4 cm³/mol. The summed E-state index contributed by atoms with van der Waals surface area (Å²) in [4.78, 5) is 2.43. The summed E-state index contributed by atoms with van der Waals surface area (Å²) in [6.07, 6.45) is 0. The number of hydrogen-bond acceptors (Lipinski definition) is 5. The molecule has 2 heterocycles. The Labute approximate surface area is 144 Å². The molecule has 2 aliphatic heterocycles. The molecule has 7 heteroatoms. The molecular formula is C15H22Cl2N2O3-2. The molecule has 0 bridgehead atoms. The van der Waals surface area contributed by atoms with Gasteiger partial charge in [-0.3, -0.25) is 4.90 Å². The van der Waals surface area contributed by atoms with Crippen LogP contribution in [0, 0.1) is 0 Å². The summed E-state index contributed by atoms with van der Waals surface area (Å²) in [7, 11) is 0. The summed E-state index contributed by atoms with van der Waals surface area (Å²) in [5, 5.41) is 3.48. The number of halogens is 2. The lowest BCUT2D eigenvalue weighted by molar-refractivity contribution is -0.00100. The third-order valence-corrected chi connectivity index (χ3v) is 3.64. The molecular weight excluding hydrogens is 327 g/mol. The molecule has 1 saturated heterocycles. The highest BCUT2D eigenvalue weighted by atomic mass is 35.5. The number of nitrogens with one attached hydrogen (secondary N) is 1. The predicted octanol–water partition coefficient (Wildman–Crippen LogP) is -5.11. The van der Waals surface area contributed by atoms with Gasteiger partial charge < -0.3 is 44.3 Å². The Morgan fingerprint density at radius 1 is 0.955 bits per heavy atom. The van der Waals surface area contributed by atoms with Crippen LogP contribution >= 0.6 is 0 Å². The minimum atomic E-state index is 0. The van der Waals surface area contributed by atoms with Gasteiger partial charge >= 0.3 is 0 Å². The summed E-state index contributed by atoms with van der Waals surface area (Å²) >= 11 is 0. The van der Waals surface area contributed by atoms with Gasteiger partial charge in [-0.1, -0.05) is 6.07 Å². The van der Waals surface area contributed by atoms with E-state index in [1.54, 1.807) is 0 Å². The molecule has 0 atom stereocenters. The lowest BCUT2D eigenvalue weighted by Crippen LogP contribution is -3.00. The molecule has 3 rings (SSSR count). The van der Waals surface area contributed by atoms with Gasteiger partial charge in [0.2, 0.25) is 0 Å². The molecule has 1 fully saturated rings. The van der Waals surface area contributed by atoms with Crippen LogP contribution in [-0.2, 0) is 11.3 Å². The van der Waals surface area contributed by atoms with Crippen LogP contribution in [0.15, 0.2) is 18.2 Å². The van der Waals surface area contributed by atoms with Gasteiger partial charge in [0.1, 0.15) is 13.2 Å². The standard InChI is InChI=1S/C15H22N2O3.2ClH/c1-2-14-15(20-10-9-19-14)11-13(1)12-16-3-4-17-5-7-18-8-6-17;;/h1-2,11,16H,3-10,12H2;2*1H/p-2. The molecule has 1 N–H and O–H groups in total. The monoisotopic (exact) mass is 348 g/mol. The minimum absolute atomic E-state index is 0. The Kier molecular flexibility index (Phi) is 8.90. The molecule has 0 aliphatic carbocycles. The highest BCUT2D eigenvalue weighted by Crippen LogP contribution is 2.30. The van der Waals surface area contributed by atoms with Gasteiger partial charge in [-0.2, -0.15) is 0 Å². The van der Waals surface area contributed by atoms with E-state index in [0.717, 1.165) is 57.4 Å². The second-order valence-electron chi connectivity index (χ2n) is 5.11. The second-order valence-corrected chi connectivity index (χ2v) is 5.11. The molecule has 5 nitrogen and oxygen atoms in total. The van der Waals surface area contributed by atoms with Gasteiger partial charge in [-0.05, 0) is 17.7 Å². The Morgan fingerprint density at radius 2 is 1.68 bits per heavy atom. The van der Waals surface area contributed by atoms with E-state index in [-0.39, 0.29) is 24.8 Å². The van der Waals surface area contributed by atoms with Crippen molar-refractivity contribution in [3.8, 4) is 11.5 Å². The molecule has 0 radical (unpaired) electrons. The van der Waals surface area contributed by atoms with E-state index >= 15 is 0 Å². The lowest BCUT2D eigenvalue weighted by atomic mass is 10.2. The molecule has 0 saturated carbocycles. The first-order chi connectivity index (χ1) is 9.92. The molecule has 1 aromatic carbocycles. The van der Waals surface area contributed by atoms with E-state index in [2.05, 4.69) is 22.3 Å². The van der Waals surface area contributed by atoms with Crippen LogP contribution in [0.25, 0.3) is 0 Å². The minimum Gasteiger partial charge on any atom is -1.00 e. The third-order valence-electron chi connectivity index (χ3n) is 3.64. The van der Waals surface area contributed by atoms with Crippen LogP contribution in [0.2, 0.25) is 0 Å². The SMILES string of the molecule is [Cl-].[Cl-].c1cc2c(cc1CNCCN1CCOCC1)OCCO2. The highest BCUT2D eigenvalue weighted by molar-refractivity contribution is 5.43. The van der Waals surface area contributed by atoms with Gasteiger partial charge in [0.15, 0.2) is 11.5 Å². The van der Waals surface area contributed by atoms with Crippen molar-refractivity contribution >= 4 is 0 Å². The number of ether oxygens (including phenoxy) is 3. The van der Waals surface area contributed by atoms with Crippen molar-refractivity contribution in [2.24, 2.45) is 0 Å². The fourth-order valence-corrected chi connectivity index (χ4v) is 2.49. The number of hydrogen-bond donors (Lipinski definition) is 1. The van der Waals surface area contributed by atoms with Gasteiger partial charge in [-0.15, -0.1) is 0 Å². The average molecular weight is 349 g/mol. The topological polar surface area (TPSA) is 43.0 Å². The zero-order chi connectivity index (χ0) is 13.6. The van der Waals surface area contributed by atoms with Crippen LogP contribution < -0.4 is 39.6 Å². The van der Waals surface area contributed by atoms with Crippen LogP contribution in [0.5, 0.6) is 11.5 Å². The first-order valence-corrected chi connectivity index (χ1v) is 7.31. The van der Waals surface area contributed by atoms with E-state index in [1.807, 2.05) is 6.07 Å². The largest absolute Gasteiger partial charge is 1.00 e. The fourth-order valence-electron chi connectivity index (χ4n) is 2.49. The van der Waals surface area contributed by atoms with Crippen molar-refractivity contribution in [1.82, 2.24) is 10.2 Å². The van der Waals surface area contributed by atoms with Crippen molar-refractivity contribution in [3.63, 3.8) is 0 Å². The average Bonchev–Trinajstić information content (AvgIpc) is 2.52. The summed E-state index contributed by atoms with van der Waals surface area (Å²) in [6, 6.07) is 6.15. The molecule has 0 spiro atoms. The van der Waals surface area contributed by atoms with E-state index in [9.17, 15) is 0 Å². The Hall–Kier alpha value is -0.720. The third kappa shape index (κ3) is 5.48. The maximum absolute atomic E-state index is 5.59. The Bertz CT molecular complexity index is 443. The first-order valence-electron chi connectivity index (χ1n) is 7.31. The molecule has 0 amide bonds. The van der Waals surface area contributed by atoms with Gasteiger partial charge in [-0.25, -0.2) is 0 Å². The first kappa shape index (κ1) is 19.3. The second kappa shape index (κ2) is 10.1. The number of morpholine rings is 1. The summed E-state index contributed by atoms with van der Waals surface area (Å²) in [6.45, 7) is 8.04. The van der Waals surface area contributed by atoms with Crippen molar-refractivity contribution in [1.29, 1.82) is 0 Å². The fraction of sp³-hybridized carbons (Fsp3) is 0.600. The maximum Gasteiger partial charge on any atom is 0.161 e. The molecule has 22 heavy (non-hydrogen) atoms. The Balaban J connectivity index is 0.00000121. The van der Waals surface area contributed by atoms with Crippen LogP contribution in [0.4, 0.5) is 0 Å². The molecule has 0 aromatic heterocycles. The van der Waals surface area contributed by atoms with Crippen molar-refractivity contribution < 1.29 is 39.0 Å². The highest BCUT2D eigenvalue weighted by Gasteiger charge is 2.12. The molecule has 2 aliphatic rings. The van der Waals surface area contributed by atoms with E-state index in [4.69, 9.17) is 14.2 Å². The summed E-state index contributed by atoms with van der Waals surface area (Å²) in [5.41, 5.74) is 1.23. The normalized spacial score (nSPS) is 17.3. The maximum atomic E-state index is 5.59. The van der Waals surface area contributed by atoms with Crippen molar-refractivity contribution in [2.75, 3.05) is 52.6 Å². The summed E-state index contributed by atoms with van der Waals surface area (Å²) in [5.74, 6) is 1.72. The van der Waals surface area contributed by atoms with Crippen molar-refractivity contribution in [2.45, 2.75) is 6.54 Å². The van der Waals surface area contributed by atoms with E-state index in [1.165, 1.54) is 5.56 Å². The van der Waals surface area contributed by atoms with Crippen LogP contribution in [-0.4, -0.2) is 57.5 Å². The van der Waals surface area contributed by atoms with E-state index < -0.39 is 0 Å². The molecule has 1 aromatic rings. The quantitative estimate of drug-likeness (QED) is 0.539. The lowest BCUT2D eigenvalue weighted by Gasteiger charge is -2.26. The number of nitrogens with zero attached hydrogens (tertiary/aromatic N) is 1.